The lowest BCUT2D eigenvalue weighted by atomic mass is 10.1. The van der Waals surface area contributed by atoms with Crippen molar-refractivity contribution in [2.75, 3.05) is 51.2 Å². The smallest absolute Gasteiger partial charge is 0.359 e. The zero-order valence-corrected chi connectivity index (χ0v) is 16.7. The molecule has 0 unspecified atom stereocenters. The Morgan fingerprint density at radius 1 is 1.31 bits per heavy atom. The topological polar surface area (TPSA) is 77.6 Å². The summed E-state index contributed by atoms with van der Waals surface area (Å²) in [4.78, 5) is 30.8. The van der Waals surface area contributed by atoms with E-state index < -0.39 is 17.6 Å². The molecule has 0 saturated carbocycles. The molecule has 3 heterocycles. The Bertz CT molecular complexity index is 878. The number of hydrogen-bond acceptors (Lipinski definition) is 6. The number of carbonyl (C=O) groups excluding carboxylic acids is 2. The van der Waals surface area contributed by atoms with E-state index in [9.17, 15) is 22.8 Å². The number of hydrogen-bond donors (Lipinski definition) is 2. The fourth-order valence-electron chi connectivity index (χ4n) is 3.33. The molecule has 7 nitrogen and oxygen atoms in total. The Kier molecular flexibility index (Phi) is 6.58. The van der Waals surface area contributed by atoms with Gasteiger partial charge in [-0.2, -0.15) is 13.2 Å². The molecule has 0 radical (unpaired) electrons. The lowest BCUT2D eigenvalue weighted by molar-refractivity contribution is -0.136. The zero-order valence-electron chi connectivity index (χ0n) is 15.9. The Morgan fingerprint density at radius 2 is 2.03 bits per heavy atom. The zero-order chi connectivity index (χ0) is 21.0. The number of rotatable bonds is 7. The van der Waals surface area contributed by atoms with Crippen LogP contribution in [0.15, 0.2) is 11.4 Å². The monoisotopic (exact) mass is 429 g/mol. The van der Waals surface area contributed by atoms with Gasteiger partial charge in [-0.1, -0.05) is 0 Å². The minimum Gasteiger partial charge on any atom is -0.359 e. The van der Waals surface area contributed by atoms with Gasteiger partial charge in [0.2, 0.25) is 6.41 Å². The molecule has 2 aromatic heterocycles. The average Bonchev–Trinajstić information content (AvgIpc) is 3.13. The highest BCUT2D eigenvalue weighted by atomic mass is 32.1. The number of halogens is 3. The summed E-state index contributed by atoms with van der Waals surface area (Å²) >= 11 is 0.879. The van der Waals surface area contributed by atoms with E-state index in [0.717, 1.165) is 30.4 Å². The molecule has 0 aromatic carbocycles. The van der Waals surface area contributed by atoms with Crippen molar-refractivity contribution in [2.45, 2.75) is 12.6 Å². The van der Waals surface area contributed by atoms with E-state index in [0.29, 0.717) is 39.1 Å². The van der Waals surface area contributed by atoms with Crippen LogP contribution in [0.4, 0.5) is 19.0 Å². The van der Waals surface area contributed by atoms with Crippen LogP contribution < -0.4 is 15.5 Å². The summed E-state index contributed by atoms with van der Waals surface area (Å²) in [5.74, 6) is -0.224. The minimum atomic E-state index is -4.53. The molecule has 29 heavy (non-hydrogen) atoms. The van der Waals surface area contributed by atoms with Crippen molar-refractivity contribution in [1.82, 2.24) is 20.5 Å². The molecule has 1 aliphatic heterocycles. The Labute approximate surface area is 169 Å². The first-order valence-corrected chi connectivity index (χ1v) is 10.1. The molecular formula is C18H22F3N5O2S. The normalized spacial score (nSPS) is 15.5. The van der Waals surface area contributed by atoms with Crippen LogP contribution in [0.2, 0.25) is 0 Å². The van der Waals surface area contributed by atoms with E-state index in [2.05, 4.69) is 20.5 Å². The van der Waals surface area contributed by atoms with Gasteiger partial charge in [0.1, 0.15) is 5.82 Å². The Balaban J connectivity index is 1.82. The molecule has 0 spiro atoms. The third-order valence-corrected chi connectivity index (χ3v) is 5.86. The van der Waals surface area contributed by atoms with Crippen molar-refractivity contribution in [3.05, 3.63) is 22.6 Å². The lowest BCUT2D eigenvalue weighted by Crippen LogP contribution is -2.47. The standard InChI is InChI=1S/C18H22F3N5O2S/c1-22-17(28)12-10-29-16-13(18(19,20)21)9-14(24-15(12)16)26-7-5-25(6-8-26)4-2-3-23-11-27/h9-11H,2-8H2,1H3,(H,22,28)(H,23,27). The van der Waals surface area contributed by atoms with Gasteiger partial charge < -0.3 is 15.5 Å². The number of carbonyl (C=O) groups is 2. The van der Waals surface area contributed by atoms with Crippen molar-refractivity contribution >= 4 is 39.7 Å². The van der Waals surface area contributed by atoms with E-state index >= 15 is 0 Å². The molecule has 2 aromatic rings. The van der Waals surface area contributed by atoms with Crippen LogP contribution in [0.1, 0.15) is 22.3 Å². The highest BCUT2D eigenvalue weighted by Crippen LogP contribution is 2.40. The molecule has 1 fully saturated rings. The molecule has 158 valence electrons. The summed E-state index contributed by atoms with van der Waals surface area (Å²) in [5.41, 5.74) is -0.525. The maximum Gasteiger partial charge on any atom is 0.417 e. The predicted molar refractivity (Wildman–Crippen MR) is 105 cm³/mol. The van der Waals surface area contributed by atoms with Crippen molar-refractivity contribution in [2.24, 2.45) is 0 Å². The van der Waals surface area contributed by atoms with E-state index in [1.54, 1.807) is 0 Å². The number of alkyl halides is 3. The number of thiophene rings is 1. The molecule has 0 bridgehead atoms. The van der Waals surface area contributed by atoms with Crippen LogP contribution in [0.3, 0.4) is 0 Å². The second-order valence-electron chi connectivity index (χ2n) is 6.69. The van der Waals surface area contributed by atoms with E-state index in [1.807, 2.05) is 4.90 Å². The van der Waals surface area contributed by atoms with Gasteiger partial charge in [0.25, 0.3) is 5.91 Å². The number of nitrogens with one attached hydrogen (secondary N) is 2. The number of pyridine rings is 1. The van der Waals surface area contributed by atoms with Crippen molar-refractivity contribution in [3.8, 4) is 0 Å². The van der Waals surface area contributed by atoms with Gasteiger partial charge in [0, 0.05) is 45.2 Å². The van der Waals surface area contributed by atoms with Crippen LogP contribution in [-0.2, 0) is 11.0 Å². The molecule has 11 heteroatoms. The van der Waals surface area contributed by atoms with Crippen molar-refractivity contribution in [1.29, 1.82) is 0 Å². The summed E-state index contributed by atoms with van der Waals surface area (Å²) in [5, 5.41) is 6.48. The second kappa shape index (κ2) is 8.95. The first-order chi connectivity index (χ1) is 13.8. The van der Waals surface area contributed by atoms with Crippen LogP contribution in [0.25, 0.3) is 10.2 Å². The molecule has 0 aliphatic carbocycles. The number of piperazine rings is 1. The molecule has 2 amide bonds. The van der Waals surface area contributed by atoms with Crippen molar-refractivity contribution < 1.29 is 22.8 Å². The second-order valence-corrected chi connectivity index (χ2v) is 7.57. The third-order valence-electron chi connectivity index (χ3n) is 4.86. The number of fused-ring (bicyclic) bond motifs is 1. The van der Waals surface area contributed by atoms with Gasteiger partial charge in [-0.05, 0) is 19.0 Å². The van der Waals surface area contributed by atoms with Gasteiger partial charge in [0.05, 0.1) is 21.3 Å². The molecule has 1 saturated heterocycles. The number of nitrogens with zero attached hydrogens (tertiary/aromatic N) is 3. The summed E-state index contributed by atoms with van der Waals surface area (Å²) in [6, 6.07) is 1.08. The fraction of sp³-hybridized carbons (Fsp3) is 0.500. The first-order valence-electron chi connectivity index (χ1n) is 9.21. The summed E-state index contributed by atoms with van der Waals surface area (Å²) in [7, 11) is 1.43. The Hall–Kier alpha value is -2.40. The Morgan fingerprint density at radius 3 is 2.66 bits per heavy atom. The SMILES string of the molecule is CNC(=O)c1csc2c(C(F)(F)F)cc(N3CCN(CCCNC=O)CC3)nc12. The molecule has 2 N–H and O–H groups in total. The van der Waals surface area contributed by atoms with Crippen LogP contribution in [0, 0.1) is 0 Å². The van der Waals surface area contributed by atoms with Crippen LogP contribution in [-0.4, -0.2) is 68.5 Å². The molecule has 1 aliphatic rings. The summed E-state index contributed by atoms with van der Waals surface area (Å²) in [6.07, 6.45) is -3.06. The van der Waals surface area contributed by atoms with Crippen LogP contribution in [0.5, 0.6) is 0 Å². The number of anilines is 1. The molecule has 0 atom stereocenters. The highest BCUT2D eigenvalue weighted by Gasteiger charge is 2.36. The minimum absolute atomic E-state index is 0.0267. The first kappa shape index (κ1) is 21.3. The van der Waals surface area contributed by atoms with Gasteiger partial charge in [0.15, 0.2) is 0 Å². The van der Waals surface area contributed by atoms with E-state index in [-0.39, 0.29) is 21.6 Å². The quantitative estimate of drug-likeness (QED) is 0.520. The molecular weight excluding hydrogens is 407 g/mol. The van der Waals surface area contributed by atoms with E-state index in [1.165, 1.54) is 12.4 Å². The van der Waals surface area contributed by atoms with Crippen molar-refractivity contribution in [3.63, 3.8) is 0 Å². The largest absolute Gasteiger partial charge is 0.417 e. The number of aromatic nitrogens is 1. The average molecular weight is 429 g/mol. The lowest BCUT2D eigenvalue weighted by Gasteiger charge is -2.35. The van der Waals surface area contributed by atoms with E-state index in [4.69, 9.17) is 0 Å². The summed E-state index contributed by atoms with van der Waals surface area (Å²) in [6.45, 7) is 3.85. The van der Waals surface area contributed by atoms with Gasteiger partial charge in [-0.3, -0.25) is 14.5 Å². The maximum absolute atomic E-state index is 13.6. The highest BCUT2D eigenvalue weighted by molar-refractivity contribution is 7.17. The van der Waals surface area contributed by atoms with Gasteiger partial charge in [-0.25, -0.2) is 4.98 Å². The van der Waals surface area contributed by atoms with Gasteiger partial charge >= 0.3 is 6.18 Å². The predicted octanol–water partition coefficient (Wildman–Crippen LogP) is 1.93. The molecule has 3 rings (SSSR count). The van der Waals surface area contributed by atoms with Gasteiger partial charge in [-0.15, -0.1) is 11.3 Å². The summed E-state index contributed by atoms with van der Waals surface area (Å²) < 4.78 is 40.9. The third kappa shape index (κ3) is 4.78. The fourth-order valence-corrected chi connectivity index (χ4v) is 4.35. The van der Waals surface area contributed by atoms with Crippen LogP contribution >= 0.6 is 11.3 Å². The number of amides is 2. The maximum atomic E-state index is 13.6.